The van der Waals surface area contributed by atoms with Gasteiger partial charge in [0.15, 0.2) is 5.82 Å². The van der Waals surface area contributed by atoms with Crippen molar-refractivity contribution in [3.05, 3.63) is 47.5 Å². The van der Waals surface area contributed by atoms with Gasteiger partial charge in [-0.15, -0.1) is 0 Å². The molecule has 2 atom stereocenters. The number of fused-ring (bicyclic) bond motifs is 1. The van der Waals surface area contributed by atoms with Gasteiger partial charge in [0.1, 0.15) is 11.8 Å². The summed E-state index contributed by atoms with van der Waals surface area (Å²) in [7, 11) is 0. The van der Waals surface area contributed by atoms with Crippen molar-refractivity contribution in [2.45, 2.75) is 32.9 Å². The number of aromatic nitrogens is 4. The van der Waals surface area contributed by atoms with Crippen molar-refractivity contribution in [2.75, 3.05) is 13.2 Å². The van der Waals surface area contributed by atoms with Crippen LogP contribution in [0.5, 0.6) is 0 Å². The van der Waals surface area contributed by atoms with E-state index in [0.717, 1.165) is 37.5 Å². The third kappa shape index (κ3) is 2.92. The zero-order valence-corrected chi connectivity index (χ0v) is 13.9. The molecule has 24 heavy (non-hydrogen) atoms. The Hall–Kier alpha value is -2.25. The van der Waals surface area contributed by atoms with Crippen LogP contribution < -0.4 is 5.32 Å². The minimum absolute atomic E-state index is 0.108. The van der Waals surface area contributed by atoms with Crippen LogP contribution >= 0.6 is 0 Å². The van der Waals surface area contributed by atoms with Crippen molar-refractivity contribution in [3.63, 3.8) is 0 Å². The topological polar surface area (TPSA) is 77.5 Å². The summed E-state index contributed by atoms with van der Waals surface area (Å²) in [6.45, 7) is 6.24. The molecular formula is C17H21N5O2. The highest BCUT2D eigenvalue weighted by Gasteiger charge is 2.33. The molecule has 1 aliphatic heterocycles. The zero-order chi connectivity index (χ0) is 16.5. The molecule has 0 bridgehead atoms. The Morgan fingerprint density at radius 3 is 3.08 bits per heavy atom. The van der Waals surface area contributed by atoms with Crippen molar-refractivity contribution >= 4 is 5.65 Å². The Labute approximate surface area is 140 Å². The molecule has 1 fully saturated rings. The largest absolute Gasteiger partial charge is 0.368 e. The summed E-state index contributed by atoms with van der Waals surface area (Å²) in [6.07, 6.45) is 4.92. The molecule has 0 amide bonds. The van der Waals surface area contributed by atoms with E-state index in [0.29, 0.717) is 17.6 Å². The summed E-state index contributed by atoms with van der Waals surface area (Å²) in [5.74, 6) is 1.57. The molecule has 0 saturated carbocycles. The van der Waals surface area contributed by atoms with Gasteiger partial charge >= 0.3 is 0 Å². The van der Waals surface area contributed by atoms with E-state index in [4.69, 9.17) is 9.26 Å². The predicted molar refractivity (Wildman–Crippen MR) is 87.5 cm³/mol. The van der Waals surface area contributed by atoms with Crippen LogP contribution in [0.1, 0.15) is 35.5 Å². The molecule has 0 aromatic carbocycles. The van der Waals surface area contributed by atoms with Crippen molar-refractivity contribution in [1.82, 2.24) is 24.8 Å². The number of imidazole rings is 1. The van der Waals surface area contributed by atoms with Crippen molar-refractivity contribution < 1.29 is 9.26 Å². The van der Waals surface area contributed by atoms with E-state index in [1.807, 2.05) is 19.2 Å². The van der Waals surface area contributed by atoms with E-state index < -0.39 is 0 Å². The molecule has 1 aliphatic rings. The molecule has 7 nitrogen and oxygen atoms in total. The normalized spacial score (nSPS) is 20.9. The van der Waals surface area contributed by atoms with Crippen LogP contribution in [-0.2, 0) is 11.3 Å². The van der Waals surface area contributed by atoms with E-state index in [9.17, 15) is 0 Å². The van der Waals surface area contributed by atoms with Crippen LogP contribution in [0, 0.1) is 19.8 Å². The van der Waals surface area contributed by atoms with Gasteiger partial charge in [-0.2, -0.15) is 4.98 Å². The first-order chi connectivity index (χ1) is 11.7. The summed E-state index contributed by atoms with van der Waals surface area (Å²) in [5.41, 5.74) is 3.34. The number of pyridine rings is 1. The highest BCUT2D eigenvalue weighted by molar-refractivity contribution is 5.41. The Kier molecular flexibility index (Phi) is 4.03. The molecule has 0 spiro atoms. The molecule has 3 aromatic heterocycles. The molecule has 3 aromatic rings. The molecule has 0 aliphatic carbocycles. The molecule has 4 heterocycles. The second kappa shape index (κ2) is 6.33. The fourth-order valence-electron chi connectivity index (χ4n) is 3.20. The maximum Gasteiger partial charge on any atom is 0.256 e. The number of nitrogens with one attached hydrogen (secondary N) is 1. The lowest BCUT2D eigenvalue weighted by Gasteiger charge is -2.15. The lowest BCUT2D eigenvalue weighted by molar-refractivity contribution is 0.0623. The molecular weight excluding hydrogens is 306 g/mol. The first-order valence-corrected chi connectivity index (χ1v) is 8.26. The van der Waals surface area contributed by atoms with E-state index in [1.165, 1.54) is 5.56 Å². The standard InChI is InChI=1S/C17H21N5O2/c1-11-3-4-15-19-9-14(22(15)10-11)8-18-7-13-5-6-23-16(13)17-20-12(2)21-24-17/h3-4,9-10,13,16,18H,5-8H2,1-2H3/t13-,16-/m0/s1. The Morgan fingerprint density at radius 1 is 1.33 bits per heavy atom. The fourth-order valence-corrected chi connectivity index (χ4v) is 3.20. The molecule has 0 radical (unpaired) electrons. The lowest BCUT2D eigenvalue weighted by Crippen LogP contribution is -2.25. The molecule has 7 heteroatoms. The number of ether oxygens (including phenoxy) is 1. The Morgan fingerprint density at radius 2 is 2.25 bits per heavy atom. The molecule has 4 rings (SSSR count). The molecule has 1 saturated heterocycles. The minimum atomic E-state index is -0.108. The minimum Gasteiger partial charge on any atom is -0.368 e. The quantitative estimate of drug-likeness (QED) is 0.774. The van der Waals surface area contributed by atoms with Gasteiger partial charge in [-0.3, -0.25) is 0 Å². The van der Waals surface area contributed by atoms with E-state index in [-0.39, 0.29) is 6.10 Å². The summed E-state index contributed by atoms with van der Waals surface area (Å²) in [6, 6.07) is 4.12. The van der Waals surface area contributed by atoms with Gasteiger partial charge in [-0.1, -0.05) is 11.2 Å². The molecule has 0 unspecified atom stereocenters. The van der Waals surface area contributed by atoms with Gasteiger partial charge in [-0.25, -0.2) is 4.98 Å². The highest BCUT2D eigenvalue weighted by atomic mass is 16.5. The first-order valence-electron chi connectivity index (χ1n) is 8.26. The maximum absolute atomic E-state index is 5.78. The van der Waals surface area contributed by atoms with Crippen LogP contribution in [0.4, 0.5) is 0 Å². The average Bonchev–Trinajstić information content (AvgIpc) is 3.28. The van der Waals surface area contributed by atoms with Gasteiger partial charge in [0.05, 0.1) is 11.9 Å². The fraction of sp³-hybridized carbons (Fsp3) is 0.471. The van der Waals surface area contributed by atoms with Gasteiger partial charge in [0.25, 0.3) is 5.89 Å². The highest BCUT2D eigenvalue weighted by Crippen LogP contribution is 2.33. The van der Waals surface area contributed by atoms with Gasteiger partial charge in [0, 0.05) is 31.8 Å². The van der Waals surface area contributed by atoms with Crippen LogP contribution in [0.15, 0.2) is 29.0 Å². The van der Waals surface area contributed by atoms with E-state index in [1.54, 1.807) is 0 Å². The van der Waals surface area contributed by atoms with Crippen LogP contribution in [0.25, 0.3) is 5.65 Å². The molecule has 1 N–H and O–H groups in total. The summed E-state index contributed by atoms with van der Waals surface area (Å²) >= 11 is 0. The van der Waals surface area contributed by atoms with Crippen molar-refractivity contribution in [1.29, 1.82) is 0 Å². The van der Waals surface area contributed by atoms with Crippen LogP contribution in [0.3, 0.4) is 0 Å². The third-order valence-corrected chi connectivity index (χ3v) is 4.44. The van der Waals surface area contributed by atoms with E-state index in [2.05, 4.69) is 44.0 Å². The lowest BCUT2D eigenvalue weighted by atomic mass is 10.0. The zero-order valence-electron chi connectivity index (χ0n) is 13.9. The summed E-state index contributed by atoms with van der Waals surface area (Å²) < 4.78 is 13.2. The van der Waals surface area contributed by atoms with Crippen molar-refractivity contribution in [2.24, 2.45) is 5.92 Å². The van der Waals surface area contributed by atoms with Crippen LogP contribution in [-0.4, -0.2) is 32.7 Å². The van der Waals surface area contributed by atoms with Gasteiger partial charge in [0.2, 0.25) is 0 Å². The van der Waals surface area contributed by atoms with Crippen LogP contribution in [0.2, 0.25) is 0 Å². The summed E-state index contributed by atoms with van der Waals surface area (Å²) in [4.78, 5) is 8.75. The Bertz CT molecular complexity index is 840. The first kappa shape index (κ1) is 15.3. The second-order valence-electron chi connectivity index (χ2n) is 6.34. The monoisotopic (exact) mass is 327 g/mol. The smallest absolute Gasteiger partial charge is 0.256 e. The number of hydrogen-bond donors (Lipinski definition) is 1. The molecule has 126 valence electrons. The number of rotatable bonds is 5. The van der Waals surface area contributed by atoms with E-state index >= 15 is 0 Å². The number of hydrogen-bond acceptors (Lipinski definition) is 6. The van der Waals surface area contributed by atoms with Crippen molar-refractivity contribution in [3.8, 4) is 0 Å². The SMILES string of the molecule is Cc1ccc2ncc(CNC[C@@H]3CCO[C@@H]3c3nc(C)no3)n2c1. The maximum atomic E-state index is 5.78. The average molecular weight is 327 g/mol. The van der Waals surface area contributed by atoms with Gasteiger partial charge in [-0.05, 0) is 31.9 Å². The number of nitrogens with zero attached hydrogens (tertiary/aromatic N) is 4. The predicted octanol–water partition coefficient (Wildman–Crippen LogP) is 2.20. The second-order valence-corrected chi connectivity index (χ2v) is 6.34. The Balaban J connectivity index is 1.40. The van der Waals surface area contributed by atoms with Gasteiger partial charge < -0.3 is 19.0 Å². The number of aryl methyl sites for hydroxylation is 2. The summed E-state index contributed by atoms with van der Waals surface area (Å²) in [5, 5.41) is 7.38. The third-order valence-electron chi connectivity index (χ3n) is 4.44.